The molecule has 0 aliphatic carbocycles. The van der Waals surface area contributed by atoms with Crippen LogP contribution in [-0.2, 0) is 0 Å². The van der Waals surface area contributed by atoms with Crippen LogP contribution in [0.1, 0.15) is 0 Å². The van der Waals surface area contributed by atoms with E-state index in [0.717, 1.165) is 18.4 Å². The SMILES string of the molecule is CN1CC[N+](C)=C1Cl.[Cl-]. The van der Waals surface area contributed by atoms with E-state index < -0.39 is 0 Å². The molecule has 0 spiro atoms. The molecule has 0 N–H and O–H groups in total. The molecule has 1 rings (SSSR count). The van der Waals surface area contributed by atoms with E-state index in [2.05, 4.69) is 0 Å². The Morgan fingerprint density at radius 3 is 2.33 bits per heavy atom. The Balaban J connectivity index is 0.000000640. The van der Waals surface area contributed by atoms with Crippen LogP contribution in [0.15, 0.2) is 0 Å². The van der Waals surface area contributed by atoms with Crippen molar-refractivity contribution >= 4 is 16.9 Å². The van der Waals surface area contributed by atoms with Crippen LogP contribution >= 0.6 is 11.6 Å². The smallest absolute Gasteiger partial charge is 0.344 e. The maximum atomic E-state index is 5.78. The molecule has 0 radical (unpaired) electrons. The molecule has 54 valence electrons. The molecule has 0 aromatic carbocycles. The van der Waals surface area contributed by atoms with Gasteiger partial charge in [-0.05, 0) is 0 Å². The Hall–Kier alpha value is 0.0500. The third-order valence-corrected chi connectivity index (χ3v) is 1.98. The average Bonchev–Trinajstić information content (AvgIpc) is 1.98. The normalized spacial score (nSPS) is 18.3. The summed E-state index contributed by atoms with van der Waals surface area (Å²) in [5.41, 5.74) is 0. The van der Waals surface area contributed by atoms with Crippen molar-refractivity contribution in [2.24, 2.45) is 0 Å². The lowest BCUT2D eigenvalue weighted by Gasteiger charge is -1.95. The topological polar surface area (TPSA) is 6.25 Å². The first kappa shape index (κ1) is 9.05. The van der Waals surface area contributed by atoms with E-state index in [-0.39, 0.29) is 12.4 Å². The van der Waals surface area contributed by atoms with Crippen LogP contribution < -0.4 is 12.4 Å². The lowest BCUT2D eigenvalue weighted by Crippen LogP contribution is -3.00. The number of hydrogen-bond donors (Lipinski definition) is 0. The number of amidine groups is 1. The standard InChI is InChI=1S/C5H10ClN2.ClH/c1-7-3-4-8(2)5(7)6;/h3-4H2,1-2H3;1H/q+1;/p-1. The van der Waals surface area contributed by atoms with Gasteiger partial charge in [0, 0.05) is 11.6 Å². The summed E-state index contributed by atoms with van der Waals surface area (Å²) in [6, 6.07) is 0. The Bertz CT molecular complexity index is 133. The van der Waals surface area contributed by atoms with Gasteiger partial charge >= 0.3 is 5.29 Å². The molecule has 1 heterocycles. The van der Waals surface area contributed by atoms with Crippen molar-refractivity contribution in [3.8, 4) is 0 Å². The van der Waals surface area contributed by atoms with Crippen molar-refractivity contribution in [2.75, 3.05) is 27.2 Å². The number of nitrogens with zero attached hydrogens (tertiary/aromatic N) is 2. The number of rotatable bonds is 0. The fourth-order valence-electron chi connectivity index (χ4n) is 0.776. The second-order valence-electron chi connectivity index (χ2n) is 2.11. The molecule has 4 heteroatoms. The van der Waals surface area contributed by atoms with Gasteiger partial charge in [-0.2, -0.15) is 0 Å². The van der Waals surface area contributed by atoms with Gasteiger partial charge in [-0.3, -0.25) is 9.48 Å². The second-order valence-corrected chi connectivity index (χ2v) is 2.45. The van der Waals surface area contributed by atoms with E-state index >= 15 is 0 Å². The minimum absolute atomic E-state index is 0. The summed E-state index contributed by atoms with van der Waals surface area (Å²) in [5.74, 6) is 0. The molecule has 2 nitrogen and oxygen atoms in total. The third-order valence-electron chi connectivity index (χ3n) is 1.40. The van der Waals surface area contributed by atoms with Gasteiger partial charge in [-0.1, -0.05) is 0 Å². The molecule has 0 unspecified atom stereocenters. The van der Waals surface area contributed by atoms with Crippen LogP contribution in [0.2, 0.25) is 0 Å². The van der Waals surface area contributed by atoms with Gasteiger partial charge < -0.3 is 12.4 Å². The quantitative estimate of drug-likeness (QED) is 0.280. The summed E-state index contributed by atoms with van der Waals surface area (Å²) >= 11 is 5.78. The third kappa shape index (κ3) is 1.73. The fraction of sp³-hybridized carbons (Fsp3) is 0.800. The summed E-state index contributed by atoms with van der Waals surface area (Å²) in [6.07, 6.45) is 0. The monoisotopic (exact) mass is 168 g/mol. The number of likely N-dealkylation sites (N-methyl/N-ethyl adjacent to an activating group) is 2. The van der Waals surface area contributed by atoms with E-state index in [9.17, 15) is 0 Å². The van der Waals surface area contributed by atoms with Gasteiger partial charge in [0.05, 0.1) is 14.1 Å². The maximum absolute atomic E-state index is 5.78. The zero-order valence-electron chi connectivity index (χ0n) is 5.56. The lowest BCUT2D eigenvalue weighted by atomic mass is 10.6. The van der Waals surface area contributed by atoms with E-state index in [0.29, 0.717) is 0 Å². The van der Waals surface area contributed by atoms with Crippen molar-refractivity contribution < 1.29 is 17.0 Å². The molecule has 0 bridgehead atoms. The molecular weight excluding hydrogens is 159 g/mol. The average molecular weight is 169 g/mol. The van der Waals surface area contributed by atoms with Crippen molar-refractivity contribution in [3.05, 3.63) is 0 Å². The molecule has 9 heavy (non-hydrogen) atoms. The van der Waals surface area contributed by atoms with Crippen molar-refractivity contribution in [1.29, 1.82) is 0 Å². The minimum atomic E-state index is 0. The van der Waals surface area contributed by atoms with Gasteiger partial charge in [0.1, 0.15) is 13.1 Å². The molecule has 0 fully saturated rings. The first-order valence-electron chi connectivity index (χ1n) is 2.66. The first-order chi connectivity index (χ1) is 3.72. The van der Waals surface area contributed by atoms with Crippen LogP contribution in [0, 0.1) is 0 Å². The van der Waals surface area contributed by atoms with Gasteiger partial charge in [0.25, 0.3) is 0 Å². The maximum Gasteiger partial charge on any atom is 0.344 e. The van der Waals surface area contributed by atoms with Crippen molar-refractivity contribution in [3.63, 3.8) is 0 Å². The second kappa shape index (κ2) is 3.28. The van der Waals surface area contributed by atoms with Crippen LogP contribution in [0.3, 0.4) is 0 Å². The molecule has 0 aromatic heterocycles. The fourth-order valence-corrected chi connectivity index (χ4v) is 0.945. The molecular formula is C5H10Cl2N2. The Morgan fingerprint density at radius 1 is 1.67 bits per heavy atom. The minimum Gasteiger partial charge on any atom is -1.00 e. The molecule has 0 saturated carbocycles. The zero-order chi connectivity index (χ0) is 6.15. The van der Waals surface area contributed by atoms with Gasteiger partial charge in [-0.15, -0.1) is 0 Å². The summed E-state index contributed by atoms with van der Waals surface area (Å²) in [6.45, 7) is 2.10. The number of halogens is 2. The highest BCUT2D eigenvalue weighted by Gasteiger charge is 2.21. The molecule has 0 saturated heterocycles. The molecule has 0 atom stereocenters. The van der Waals surface area contributed by atoms with Crippen LogP contribution in [0.4, 0.5) is 0 Å². The highest BCUT2D eigenvalue weighted by Crippen LogP contribution is 1.98. The molecule has 1 aliphatic rings. The van der Waals surface area contributed by atoms with E-state index in [1.54, 1.807) is 0 Å². The highest BCUT2D eigenvalue weighted by atomic mass is 35.5. The summed E-state index contributed by atoms with van der Waals surface area (Å²) in [4.78, 5) is 2.03. The van der Waals surface area contributed by atoms with Gasteiger partial charge in [0.2, 0.25) is 0 Å². The number of hydrogen-bond acceptors (Lipinski definition) is 1. The van der Waals surface area contributed by atoms with Gasteiger partial charge in [0.15, 0.2) is 0 Å². The van der Waals surface area contributed by atoms with E-state index in [1.807, 2.05) is 23.6 Å². The Labute approximate surface area is 66.5 Å². The van der Waals surface area contributed by atoms with Gasteiger partial charge in [-0.25, -0.2) is 0 Å². The zero-order valence-corrected chi connectivity index (χ0v) is 7.08. The Kier molecular flexibility index (Phi) is 3.30. The predicted octanol–water partition coefficient (Wildman–Crippen LogP) is -2.83. The van der Waals surface area contributed by atoms with Crippen molar-refractivity contribution in [1.82, 2.24) is 4.90 Å². The highest BCUT2D eigenvalue weighted by molar-refractivity contribution is 6.63. The van der Waals surface area contributed by atoms with E-state index in [4.69, 9.17) is 11.6 Å². The lowest BCUT2D eigenvalue weighted by molar-refractivity contribution is -0.484. The molecule has 0 amide bonds. The van der Waals surface area contributed by atoms with Crippen LogP contribution in [0.5, 0.6) is 0 Å². The summed E-state index contributed by atoms with van der Waals surface area (Å²) < 4.78 is 2.03. The summed E-state index contributed by atoms with van der Waals surface area (Å²) in [7, 11) is 3.98. The van der Waals surface area contributed by atoms with Crippen molar-refractivity contribution in [2.45, 2.75) is 0 Å². The summed E-state index contributed by atoms with van der Waals surface area (Å²) in [5, 5.41) is 0.852. The predicted molar refractivity (Wildman–Crippen MR) is 34.5 cm³/mol. The first-order valence-corrected chi connectivity index (χ1v) is 3.04. The van der Waals surface area contributed by atoms with Crippen LogP contribution in [0.25, 0.3) is 0 Å². The molecule has 0 aromatic rings. The van der Waals surface area contributed by atoms with E-state index in [1.165, 1.54) is 0 Å². The largest absolute Gasteiger partial charge is 1.00 e. The van der Waals surface area contributed by atoms with Crippen LogP contribution in [-0.4, -0.2) is 42.0 Å². The Morgan fingerprint density at radius 2 is 2.22 bits per heavy atom. The molecule has 1 aliphatic heterocycles.